The second kappa shape index (κ2) is 6.83. The minimum Gasteiger partial charge on any atom is -0.480 e. The molecule has 0 radical (unpaired) electrons. The first-order chi connectivity index (χ1) is 8.99. The molecule has 0 aromatic carbocycles. The molecule has 6 nitrogen and oxygen atoms in total. The Morgan fingerprint density at radius 1 is 1.42 bits per heavy atom. The lowest BCUT2D eigenvalue weighted by molar-refractivity contribution is -0.0758. The zero-order chi connectivity index (χ0) is 14.4. The highest BCUT2D eigenvalue weighted by Crippen LogP contribution is 2.21. The molecule has 1 rings (SSSR count). The lowest BCUT2D eigenvalue weighted by atomic mass is 10.2. The van der Waals surface area contributed by atoms with E-state index in [2.05, 4.69) is 4.98 Å². The van der Waals surface area contributed by atoms with E-state index < -0.39 is 18.9 Å². The van der Waals surface area contributed by atoms with E-state index >= 15 is 0 Å². The number of pyridine rings is 1. The molecule has 8 heteroatoms. The third-order valence-electron chi connectivity index (χ3n) is 2.18. The van der Waals surface area contributed by atoms with Gasteiger partial charge in [-0.15, -0.1) is 0 Å². The topological polar surface area (TPSA) is 60.9 Å². The molecule has 0 aliphatic rings. The van der Waals surface area contributed by atoms with Gasteiger partial charge in [0.05, 0.1) is 14.2 Å². The Kier molecular flexibility index (Phi) is 5.43. The molecule has 0 bridgehead atoms. The van der Waals surface area contributed by atoms with Crippen molar-refractivity contribution in [2.45, 2.75) is 6.43 Å². The molecule has 0 saturated heterocycles. The maximum atomic E-state index is 12.0. The summed E-state index contributed by atoms with van der Waals surface area (Å²) in [4.78, 5) is 20.4. The van der Waals surface area contributed by atoms with Gasteiger partial charge in [0.2, 0.25) is 11.8 Å². The molecular weight excluding hydrogens is 262 g/mol. The molecule has 0 aliphatic carbocycles. The summed E-state index contributed by atoms with van der Waals surface area (Å²) in [6, 6.07) is 2.67. The number of halogens is 2. The monoisotopic (exact) mass is 276 g/mol. The van der Waals surface area contributed by atoms with Gasteiger partial charge in [-0.1, -0.05) is 0 Å². The number of ether oxygens (including phenoxy) is 2. The number of hydrogen-bond donors (Lipinski definition) is 0. The summed E-state index contributed by atoms with van der Waals surface area (Å²) in [5.74, 6) is -0.554. The van der Waals surface area contributed by atoms with Crippen LogP contribution < -0.4 is 9.47 Å². The second-order valence-corrected chi connectivity index (χ2v) is 3.39. The predicted octanol–water partition coefficient (Wildman–Crippen LogP) is 1.37. The van der Waals surface area contributed by atoms with Gasteiger partial charge in [-0.25, -0.2) is 13.8 Å². The number of amides is 1. The number of rotatable bonds is 6. The van der Waals surface area contributed by atoms with Gasteiger partial charge in [0, 0.05) is 13.1 Å². The van der Waals surface area contributed by atoms with E-state index in [1.54, 1.807) is 0 Å². The molecule has 106 valence electrons. The summed E-state index contributed by atoms with van der Waals surface area (Å²) in [6.45, 7) is -0.776. The standard InChI is InChI=1S/C11H14F2N2O4/c1-15(18-3)11(16)7-4-5-9(14-10(7)17-2)19-6-8(12)13/h4-5,8H,6H2,1-3H3. The highest BCUT2D eigenvalue weighted by molar-refractivity contribution is 5.95. The van der Waals surface area contributed by atoms with Crippen molar-refractivity contribution in [2.24, 2.45) is 0 Å². The quantitative estimate of drug-likeness (QED) is 0.734. The summed E-state index contributed by atoms with van der Waals surface area (Å²) in [5, 5.41) is 0.985. The maximum Gasteiger partial charge on any atom is 0.282 e. The Bertz CT molecular complexity index is 443. The first-order valence-corrected chi connectivity index (χ1v) is 5.27. The highest BCUT2D eigenvalue weighted by atomic mass is 19.3. The van der Waals surface area contributed by atoms with Gasteiger partial charge in [-0.2, -0.15) is 4.98 Å². The maximum absolute atomic E-state index is 12.0. The Morgan fingerprint density at radius 3 is 2.63 bits per heavy atom. The van der Waals surface area contributed by atoms with Crippen molar-refractivity contribution in [1.82, 2.24) is 10.0 Å². The summed E-state index contributed by atoms with van der Waals surface area (Å²) in [7, 11) is 4.06. The van der Waals surface area contributed by atoms with Crippen LogP contribution in [-0.4, -0.2) is 50.3 Å². The first kappa shape index (κ1) is 15.1. The van der Waals surface area contributed by atoms with Gasteiger partial charge in [-0.05, 0) is 6.07 Å². The van der Waals surface area contributed by atoms with Gasteiger partial charge >= 0.3 is 0 Å². The molecule has 19 heavy (non-hydrogen) atoms. The molecule has 1 amide bonds. The summed E-state index contributed by atoms with van der Waals surface area (Å²) in [5.41, 5.74) is 0.135. The van der Waals surface area contributed by atoms with E-state index in [1.807, 2.05) is 0 Å². The number of carbonyl (C=O) groups is 1. The van der Waals surface area contributed by atoms with Crippen LogP contribution in [0.3, 0.4) is 0 Å². The summed E-state index contributed by atoms with van der Waals surface area (Å²) >= 11 is 0. The van der Waals surface area contributed by atoms with Crippen molar-refractivity contribution in [3.05, 3.63) is 17.7 Å². The first-order valence-electron chi connectivity index (χ1n) is 5.27. The third-order valence-corrected chi connectivity index (χ3v) is 2.18. The molecule has 0 saturated carbocycles. The van der Waals surface area contributed by atoms with Crippen molar-refractivity contribution in [3.8, 4) is 11.8 Å². The molecule has 0 aliphatic heterocycles. The highest BCUT2D eigenvalue weighted by Gasteiger charge is 2.19. The Labute approximate surface area is 108 Å². The average molecular weight is 276 g/mol. The van der Waals surface area contributed by atoms with Crippen LogP contribution in [0.25, 0.3) is 0 Å². The van der Waals surface area contributed by atoms with Crippen LogP contribution in [-0.2, 0) is 4.84 Å². The van der Waals surface area contributed by atoms with Crippen LogP contribution in [0.4, 0.5) is 8.78 Å². The fourth-order valence-electron chi connectivity index (χ4n) is 1.22. The van der Waals surface area contributed by atoms with E-state index in [0.717, 1.165) is 5.06 Å². The number of alkyl halides is 2. The van der Waals surface area contributed by atoms with Gasteiger partial charge in [0.1, 0.15) is 5.56 Å². The number of methoxy groups -OCH3 is 1. The molecule has 0 spiro atoms. The summed E-state index contributed by atoms with van der Waals surface area (Å²) in [6.07, 6.45) is -2.60. The van der Waals surface area contributed by atoms with Crippen molar-refractivity contribution < 1.29 is 27.9 Å². The van der Waals surface area contributed by atoms with Crippen LogP contribution in [0.2, 0.25) is 0 Å². The summed E-state index contributed by atoms with van der Waals surface area (Å²) < 4.78 is 33.7. The zero-order valence-corrected chi connectivity index (χ0v) is 10.7. The zero-order valence-electron chi connectivity index (χ0n) is 10.7. The normalized spacial score (nSPS) is 10.4. The van der Waals surface area contributed by atoms with E-state index in [-0.39, 0.29) is 17.3 Å². The van der Waals surface area contributed by atoms with Crippen LogP contribution >= 0.6 is 0 Å². The Morgan fingerprint density at radius 2 is 2.11 bits per heavy atom. The molecule has 0 unspecified atom stereocenters. The van der Waals surface area contributed by atoms with Crippen LogP contribution in [0.15, 0.2) is 12.1 Å². The second-order valence-electron chi connectivity index (χ2n) is 3.39. The van der Waals surface area contributed by atoms with E-state index in [1.165, 1.54) is 33.4 Å². The number of carbonyl (C=O) groups excluding carboxylic acids is 1. The number of nitrogens with zero attached hydrogens (tertiary/aromatic N) is 2. The van der Waals surface area contributed by atoms with Gasteiger partial charge in [-0.3, -0.25) is 9.63 Å². The molecule has 1 aromatic rings. The van der Waals surface area contributed by atoms with Crippen molar-refractivity contribution in [1.29, 1.82) is 0 Å². The lowest BCUT2D eigenvalue weighted by Gasteiger charge is -2.15. The fourth-order valence-corrected chi connectivity index (χ4v) is 1.22. The number of hydrogen-bond acceptors (Lipinski definition) is 5. The smallest absolute Gasteiger partial charge is 0.282 e. The van der Waals surface area contributed by atoms with Crippen LogP contribution in [0.5, 0.6) is 11.8 Å². The molecule has 0 fully saturated rings. The Hall–Kier alpha value is -1.96. The average Bonchev–Trinajstić information content (AvgIpc) is 2.42. The predicted molar refractivity (Wildman–Crippen MR) is 61.4 cm³/mol. The van der Waals surface area contributed by atoms with Crippen molar-refractivity contribution in [3.63, 3.8) is 0 Å². The van der Waals surface area contributed by atoms with E-state index in [0.29, 0.717) is 0 Å². The fraction of sp³-hybridized carbons (Fsp3) is 0.455. The minimum absolute atomic E-state index is 0.0272. The SMILES string of the molecule is COc1nc(OCC(F)F)ccc1C(=O)N(C)OC. The van der Waals surface area contributed by atoms with Gasteiger partial charge < -0.3 is 9.47 Å². The molecule has 0 N–H and O–H groups in total. The molecule has 1 aromatic heterocycles. The largest absolute Gasteiger partial charge is 0.480 e. The Balaban J connectivity index is 2.93. The molecule has 0 atom stereocenters. The lowest BCUT2D eigenvalue weighted by Crippen LogP contribution is -2.26. The number of hydroxylamine groups is 2. The van der Waals surface area contributed by atoms with Crippen molar-refractivity contribution in [2.75, 3.05) is 27.9 Å². The van der Waals surface area contributed by atoms with Gasteiger partial charge in [0.15, 0.2) is 6.61 Å². The van der Waals surface area contributed by atoms with E-state index in [4.69, 9.17) is 14.3 Å². The van der Waals surface area contributed by atoms with Crippen LogP contribution in [0, 0.1) is 0 Å². The third kappa shape index (κ3) is 4.02. The van der Waals surface area contributed by atoms with E-state index in [9.17, 15) is 13.6 Å². The van der Waals surface area contributed by atoms with Crippen LogP contribution in [0.1, 0.15) is 10.4 Å². The van der Waals surface area contributed by atoms with Gasteiger partial charge in [0.25, 0.3) is 12.3 Å². The minimum atomic E-state index is -2.60. The van der Waals surface area contributed by atoms with Crippen molar-refractivity contribution >= 4 is 5.91 Å². The molecule has 1 heterocycles. The number of aromatic nitrogens is 1. The molecular formula is C11H14F2N2O4.